The van der Waals surface area contributed by atoms with Crippen molar-refractivity contribution in [3.8, 4) is 0 Å². The minimum Gasteiger partial charge on any atom is -0.308 e. The molecule has 0 aliphatic rings. The first-order chi connectivity index (χ1) is 6.69. The highest BCUT2D eigenvalue weighted by molar-refractivity contribution is 7.99. The Balaban J connectivity index is 2.91. The average Bonchev–Trinajstić information content (AvgIpc) is 2.19. The van der Waals surface area contributed by atoms with Crippen LogP contribution in [0.1, 0.15) is 18.9 Å². The van der Waals surface area contributed by atoms with Crippen molar-refractivity contribution in [3.63, 3.8) is 0 Å². The third kappa shape index (κ3) is 2.73. The molecule has 0 aromatic carbocycles. The number of nitrogens with zero attached hydrogens (tertiary/aromatic N) is 2. The van der Waals surface area contributed by atoms with E-state index in [0.29, 0.717) is 16.1 Å². The lowest BCUT2D eigenvalue weighted by Gasteiger charge is -2.07. The molecular weight excluding hydrogens is 220 g/mol. The molecule has 0 saturated heterocycles. The third-order valence-electron chi connectivity index (χ3n) is 1.64. The summed E-state index contributed by atoms with van der Waals surface area (Å²) in [4.78, 5) is 8.36. The van der Waals surface area contributed by atoms with E-state index in [1.807, 2.05) is 6.92 Å². The molecule has 0 unspecified atom stereocenters. The van der Waals surface area contributed by atoms with E-state index in [1.165, 1.54) is 0 Å². The van der Waals surface area contributed by atoms with Crippen LogP contribution in [-0.4, -0.2) is 15.7 Å². The number of halogens is 1. The van der Waals surface area contributed by atoms with Crippen LogP contribution in [0, 0.1) is 6.92 Å². The van der Waals surface area contributed by atoms with E-state index in [9.17, 15) is 0 Å². The van der Waals surface area contributed by atoms with Crippen LogP contribution in [0.25, 0.3) is 0 Å². The largest absolute Gasteiger partial charge is 0.308 e. The van der Waals surface area contributed by atoms with Crippen LogP contribution < -0.4 is 11.3 Å². The summed E-state index contributed by atoms with van der Waals surface area (Å²) in [6, 6.07) is 0. The van der Waals surface area contributed by atoms with E-state index in [0.717, 1.165) is 17.7 Å². The Morgan fingerprint density at radius 2 is 2.21 bits per heavy atom. The number of nitrogen functional groups attached to an aromatic ring is 1. The van der Waals surface area contributed by atoms with E-state index in [-0.39, 0.29) is 0 Å². The zero-order chi connectivity index (χ0) is 10.6. The predicted molar refractivity (Wildman–Crippen MR) is 60.6 cm³/mol. The molecule has 1 aromatic rings. The number of hydrogen-bond acceptors (Lipinski definition) is 5. The first-order valence-corrected chi connectivity index (χ1v) is 5.69. The first kappa shape index (κ1) is 11.6. The van der Waals surface area contributed by atoms with Gasteiger partial charge in [0.05, 0.1) is 0 Å². The molecule has 1 rings (SSSR count). The lowest BCUT2D eigenvalue weighted by Crippen LogP contribution is -2.11. The summed E-state index contributed by atoms with van der Waals surface area (Å²) in [7, 11) is 0. The van der Waals surface area contributed by atoms with Crippen LogP contribution in [0.3, 0.4) is 0 Å². The van der Waals surface area contributed by atoms with Gasteiger partial charge in [0.2, 0.25) is 0 Å². The van der Waals surface area contributed by atoms with Gasteiger partial charge in [-0.3, -0.25) is 0 Å². The van der Waals surface area contributed by atoms with Gasteiger partial charge in [-0.15, -0.1) is 0 Å². The second-order valence-electron chi connectivity index (χ2n) is 2.76. The minimum atomic E-state index is 0.451. The molecule has 0 aliphatic carbocycles. The van der Waals surface area contributed by atoms with Crippen LogP contribution in [-0.2, 0) is 0 Å². The number of rotatable bonds is 4. The Labute approximate surface area is 92.6 Å². The van der Waals surface area contributed by atoms with Gasteiger partial charge >= 0.3 is 0 Å². The highest BCUT2D eigenvalue weighted by Crippen LogP contribution is 2.23. The van der Waals surface area contributed by atoms with Crippen LogP contribution >= 0.6 is 23.4 Å². The van der Waals surface area contributed by atoms with Gasteiger partial charge in [0.15, 0.2) is 5.16 Å². The van der Waals surface area contributed by atoms with E-state index in [4.69, 9.17) is 17.4 Å². The maximum atomic E-state index is 5.92. The number of nitrogens with two attached hydrogens (primary N) is 1. The molecule has 14 heavy (non-hydrogen) atoms. The molecule has 1 aromatic heterocycles. The van der Waals surface area contributed by atoms with Gasteiger partial charge in [0, 0.05) is 11.3 Å². The maximum Gasteiger partial charge on any atom is 0.190 e. The summed E-state index contributed by atoms with van der Waals surface area (Å²) in [5.41, 5.74) is 3.28. The number of nitrogens with one attached hydrogen (secondary N) is 1. The summed E-state index contributed by atoms with van der Waals surface area (Å²) in [5, 5.41) is 1.11. The number of aromatic nitrogens is 2. The predicted octanol–water partition coefficient (Wildman–Crippen LogP) is 2.23. The molecule has 0 bridgehead atoms. The minimum absolute atomic E-state index is 0.451. The average molecular weight is 233 g/mol. The molecule has 4 nitrogen and oxygen atoms in total. The summed E-state index contributed by atoms with van der Waals surface area (Å²) in [5.74, 6) is 6.87. The molecular formula is C8H13ClN4S. The number of anilines is 1. The third-order valence-corrected chi connectivity index (χ3v) is 3.06. The number of thioether (sulfide) groups is 1. The standard InChI is InChI=1S/C8H13ClN4S/c1-3-4-14-8-11-6(9)5(2)7(12-8)13-10/h3-4,10H2,1-2H3,(H,11,12,13). The molecule has 0 atom stereocenters. The zero-order valence-corrected chi connectivity index (χ0v) is 9.74. The smallest absolute Gasteiger partial charge is 0.190 e. The molecule has 1 heterocycles. The Morgan fingerprint density at radius 3 is 2.79 bits per heavy atom. The maximum absolute atomic E-state index is 5.92. The Bertz CT molecular complexity index is 318. The fourth-order valence-corrected chi connectivity index (χ4v) is 1.79. The van der Waals surface area contributed by atoms with Crippen molar-refractivity contribution in [2.24, 2.45) is 5.84 Å². The second kappa shape index (κ2) is 5.38. The molecule has 0 spiro atoms. The Kier molecular flexibility index (Phi) is 4.44. The van der Waals surface area contributed by atoms with E-state index in [1.54, 1.807) is 11.8 Å². The monoisotopic (exact) mass is 232 g/mol. The van der Waals surface area contributed by atoms with Gasteiger partial charge in [0.25, 0.3) is 0 Å². The van der Waals surface area contributed by atoms with Crippen molar-refractivity contribution in [1.82, 2.24) is 9.97 Å². The van der Waals surface area contributed by atoms with E-state index < -0.39 is 0 Å². The summed E-state index contributed by atoms with van der Waals surface area (Å²) in [6.45, 7) is 3.93. The Hall–Kier alpha value is -0.520. The second-order valence-corrected chi connectivity index (χ2v) is 4.18. The molecule has 6 heteroatoms. The van der Waals surface area contributed by atoms with E-state index >= 15 is 0 Å². The molecule has 0 fully saturated rings. The highest BCUT2D eigenvalue weighted by Gasteiger charge is 2.07. The molecule has 78 valence electrons. The number of hydrazine groups is 1. The molecule has 0 aliphatic heterocycles. The normalized spacial score (nSPS) is 10.3. The van der Waals surface area contributed by atoms with Crippen LogP contribution in [0.2, 0.25) is 5.15 Å². The van der Waals surface area contributed by atoms with Crippen molar-refractivity contribution >= 4 is 29.2 Å². The fourth-order valence-electron chi connectivity index (χ4n) is 0.868. The van der Waals surface area contributed by atoms with Crippen molar-refractivity contribution in [2.45, 2.75) is 25.4 Å². The molecule has 0 saturated carbocycles. The van der Waals surface area contributed by atoms with Gasteiger partial charge in [-0.1, -0.05) is 30.3 Å². The topological polar surface area (TPSA) is 63.8 Å². The lowest BCUT2D eigenvalue weighted by atomic mass is 10.3. The van der Waals surface area contributed by atoms with Crippen LogP contribution in [0.4, 0.5) is 5.82 Å². The number of hydrogen-bond donors (Lipinski definition) is 2. The zero-order valence-electron chi connectivity index (χ0n) is 8.17. The lowest BCUT2D eigenvalue weighted by molar-refractivity contribution is 0.943. The quantitative estimate of drug-likeness (QED) is 0.274. The summed E-state index contributed by atoms with van der Waals surface area (Å²) in [6.07, 6.45) is 1.07. The van der Waals surface area contributed by atoms with Gasteiger partial charge in [-0.25, -0.2) is 15.8 Å². The van der Waals surface area contributed by atoms with Crippen molar-refractivity contribution in [2.75, 3.05) is 11.2 Å². The molecule has 0 radical (unpaired) electrons. The van der Waals surface area contributed by atoms with Gasteiger partial charge in [-0.05, 0) is 13.3 Å². The van der Waals surface area contributed by atoms with Gasteiger partial charge in [-0.2, -0.15) is 0 Å². The van der Waals surface area contributed by atoms with E-state index in [2.05, 4.69) is 22.3 Å². The van der Waals surface area contributed by atoms with Crippen molar-refractivity contribution in [1.29, 1.82) is 0 Å². The molecule has 0 amide bonds. The summed E-state index contributed by atoms with van der Waals surface area (Å²) >= 11 is 7.49. The summed E-state index contributed by atoms with van der Waals surface area (Å²) < 4.78 is 0. The Morgan fingerprint density at radius 1 is 1.50 bits per heavy atom. The van der Waals surface area contributed by atoms with Crippen LogP contribution in [0.15, 0.2) is 5.16 Å². The molecule has 3 N–H and O–H groups in total. The highest BCUT2D eigenvalue weighted by atomic mass is 35.5. The SMILES string of the molecule is CCCSc1nc(Cl)c(C)c(NN)n1. The van der Waals surface area contributed by atoms with Gasteiger partial charge < -0.3 is 5.43 Å². The fraction of sp³-hybridized carbons (Fsp3) is 0.500. The van der Waals surface area contributed by atoms with Gasteiger partial charge in [0.1, 0.15) is 11.0 Å². The van der Waals surface area contributed by atoms with Crippen molar-refractivity contribution in [3.05, 3.63) is 10.7 Å². The first-order valence-electron chi connectivity index (χ1n) is 4.32. The van der Waals surface area contributed by atoms with Crippen LogP contribution in [0.5, 0.6) is 0 Å². The van der Waals surface area contributed by atoms with Crippen molar-refractivity contribution < 1.29 is 0 Å².